The van der Waals surface area contributed by atoms with Gasteiger partial charge in [-0.3, -0.25) is 0 Å². The molecule has 7 heteroatoms. The second-order valence-corrected chi connectivity index (χ2v) is 7.90. The van der Waals surface area contributed by atoms with Crippen molar-refractivity contribution in [1.29, 1.82) is 0 Å². The first-order valence-electron chi connectivity index (χ1n) is 7.75. The molecule has 4 nitrogen and oxygen atoms in total. The summed E-state index contributed by atoms with van der Waals surface area (Å²) in [5.74, 6) is -0.304. The van der Waals surface area contributed by atoms with Crippen molar-refractivity contribution in [2.24, 2.45) is 0 Å². The molecule has 0 fully saturated rings. The predicted octanol–water partition coefficient (Wildman–Crippen LogP) is 6.06. The smallest absolute Gasteiger partial charge is 0.341 e. The number of esters is 1. The van der Waals surface area contributed by atoms with Crippen LogP contribution in [0.5, 0.6) is 0 Å². The zero-order valence-corrected chi connectivity index (χ0v) is 16.4. The number of benzene rings is 1. The minimum absolute atomic E-state index is 0.304. The Kier molecular flexibility index (Phi) is 5.42. The lowest BCUT2D eigenvalue weighted by Gasteiger charge is -2.05. The molecule has 0 radical (unpaired) electrons. The van der Waals surface area contributed by atoms with Crippen LogP contribution >= 0.6 is 34.3 Å². The fourth-order valence-corrected chi connectivity index (χ4v) is 4.31. The molecular weight excluding hydrogens is 376 g/mol. The van der Waals surface area contributed by atoms with Crippen LogP contribution in [-0.4, -0.2) is 17.6 Å². The lowest BCUT2D eigenvalue weighted by Crippen LogP contribution is -2.07. The van der Waals surface area contributed by atoms with E-state index >= 15 is 0 Å². The van der Waals surface area contributed by atoms with Crippen molar-refractivity contribution in [3.8, 4) is 11.3 Å². The topological polar surface area (TPSA) is 51.2 Å². The molecule has 1 N–H and O–H groups in total. The van der Waals surface area contributed by atoms with Crippen LogP contribution < -0.4 is 5.32 Å². The number of thiophene rings is 1. The second kappa shape index (κ2) is 7.56. The number of ether oxygens (including phenoxy) is 1. The van der Waals surface area contributed by atoms with E-state index in [-0.39, 0.29) is 5.97 Å². The first kappa shape index (κ1) is 17.9. The number of aromatic nitrogens is 1. The quantitative estimate of drug-likeness (QED) is 0.536. The van der Waals surface area contributed by atoms with Gasteiger partial charge in [0.1, 0.15) is 5.00 Å². The summed E-state index contributed by atoms with van der Waals surface area (Å²) in [4.78, 5) is 18.0. The van der Waals surface area contributed by atoms with E-state index in [4.69, 9.17) is 16.3 Å². The van der Waals surface area contributed by atoms with Gasteiger partial charge in [-0.25, -0.2) is 9.78 Å². The molecule has 130 valence electrons. The first-order valence-corrected chi connectivity index (χ1v) is 9.82. The third-order valence-electron chi connectivity index (χ3n) is 3.73. The van der Waals surface area contributed by atoms with Gasteiger partial charge in [-0.05, 0) is 38.5 Å². The van der Waals surface area contributed by atoms with E-state index in [1.807, 2.05) is 43.5 Å². The van der Waals surface area contributed by atoms with Gasteiger partial charge in [-0.15, -0.1) is 22.7 Å². The first-order chi connectivity index (χ1) is 12.0. The van der Waals surface area contributed by atoms with Crippen LogP contribution in [0.3, 0.4) is 0 Å². The van der Waals surface area contributed by atoms with Crippen LogP contribution in [0, 0.1) is 13.8 Å². The number of aryl methyl sites for hydroxylation is 1. The Morgan fingerprint density at radius 1 is 1.28 bits per heavy atom. The fraction of sp³-hybridized carbons (Fsp3) is 0.222. The maximum Gasteiger partial charge on any atom is 0.341 e. The number of carbonyl (C=O) groups excluding carboxylic acids is 1. The van der Waals surface area contributed by atoms with E-state index in [0.717, 1.165) is 31.8 Å². The molecule has 3 aromatic rings. The molecule has 0 unspecified atom stereocenters. The summed E-state index contributed by atoms with van der Waals surface area (Å²) in [6, 6.07) is 7.55. The van der Waals surface area contributed by atoms with Crippen LogP contribution in [0.4, 0.5) is 10.1 Å². The Balaban J connectivity index is 1.87. The zero-order valence-electron chi connectivity index (χ0n) is 14.1. The van der Waals surface area contributed by atoms with E-state index in [1.165, 1.54) is 22.7 Å². The summed E-state index contributed by atoms with van der Waals surface area (Å²) >= 11 is 8.95. The molecule has 0 spiro atoms. The van der Waals surface area contributed by atoms with Crippen LogP contribution in [0.2, 0.25) is 5.02 Å². The van der Waals surface area contributed by atoms with Gasteiger partial charge >= 0.3 is 5.97 Å². The van der Waals surface area contributed by atoms with Gasteiger partial charge in [0.05, 0.1) is 17.9 Å². The molecule has 2 heterocycles. The van der Waals surface area contributed by atoms with Crippen LogP contribution in [0.15, 0.2) is 29.6 Å². The van der Waals surface area contributed by atoms with Gasteiger partial charge in [0.25, 0.3) is 0 Å². The number of anilines is 2. The van der Waals surface area contributed by atoms with E-state index in [2.05, 4.69) is 10.3 Å². The van der Waals surface area contributed by atoms with Crippen LogP contribution in [0.1, 0.15) is 27.7 Å². The summed E-state index contributed by atoms with van der Waals surface area (Å²) < 4.78 is 5.18. The Labute approximate surface area is 159 Å². The molecule has 2 aromatic heterocycles. The number of hydrogen-bond donors (Lipinski definition) is 1. The number of hydrogen-bond acceptors (Lipinski definition) is 6. The number of thiazole rings is 1. The van der Waals surface area contributed by atoms with E-state index in [1.54, 1.807) is 6.92 Å². The molecule has 0 bridgehead atoms. The maximum absolute atomic E-state index is 12.3. The Morgan fingerprint density at radius 3 is 2.68 bits per heavy atom. The summed E-state index contributed by atoms with van der Waals surface area (Å²) in [5.41, 5.74) is 3.40. The van der Waals surface area contributed by atoms with E-state index in [0.29, 0.717) is 17.2 Å². The van der Waals surface area contributed by atoms with Crippen LogP contribution in [0.25, 0.3) is 11.3 Å². The average molecular weight is 393 g/mol. The van der Waals surface area contributed by atoms with Crippen molar-refractivity contribution in [1.82, 2.24) is 4.98 Å². The molecule has 0 aliphatic rings. The summed E-state index contributed by atoms with van der Waals surface area (Å²) in [7, 11) is 0. The summed E-state index contributed by atoms with van der Waals surface area (Å²) in [6.07, 6.45) is 0. The Hall–Kier alpha value is -1.89. The highest BCUT2D eigenvalue weighted by Crippen LogP contribution is 2.36. The summed E-state index contributed by atoms with van der Waals surface area (Å²) in [5, 5.41) is 7.45. The van der Waals surface area contributed by atoms with Gasteiger partial charge in [0.15, 0.2) is 5.13 Å². The van der Waals surface area contributed by atoms with Gasteiger partial charge in [0, 0.05) is 20.8 Å². The van der Waals surface area contributed by atoms with Gasteiger partial charge in [-0.2, -0.15) is 0 Å². The van der Waals surface area contributed by atoms with Gasteiger partial charge in [-0.1, -0.05) is 23.7 Å². The number of nitrogens with zero attached hydrogens (tertiary/aromatic N) is 1. The highest BCUT2D eigenvalue weighted by molar-refractivity contribution is 7.18. The molecule has 3 rings (SSSR count). The molecule has 0 aliphatic carbocycles. The standard InChI is InChI=1S/C18H17ClN2O2S2/c1-4-23-17(22)15-10(2)11(3)25-16(15)21-18-20-14(9-24-18)12-5-7-13(19)8-6-12/h5-9H,4H2,1-3H3,(H,20,21). The number of rotatable bonds is 5. The van der Waals surface area contributed by atoms with Crippen molar-refractivity contribution in [2.75, 3.05) is 11.9 Å². The predicted molar refractivity (Wildman–Crippen MR) is 106 cm³/mol. The fourth-order valence-electron chi connectivity index (χ4n) is 2.35. The largest absolute Gasteiger partial charge is 0.462 e. The SMILES string of the molecule is CCOC(=O)c1c(Nc2nc(-c3ccc(Cl)cc3)cs2)sc(C)c1C. The third-order valence-corrected chi connectivity index (χ3v) is 5.86. The maximum atomic E-state index is 12.3. The zero-order chi connectivity index (χ0) is 18.0. The monoisotopic (exact) mass is 392 g/mol. The van der Waals surface area contributed by atoms with Crippen molar-refractivity contribution in [3.05, 3.63) is 50.7 Å². The molecule has 25 heavy (non-hydrogen) atoms. The minimum atomic E-state index is -0.304. The highest BCUT2D eigenvalue weighted by atomic mass is 35.5. The van der Waals surface area contributed by atoms with Crippen molar-refractivity contribution >= 4 is 50.4 Å². The van der Waals surface area contributed by atoms with Gasteiger partial charge in [0.2, 0.25) is 0 Å². The van der Waals surface area contributed by atoms with Crippen LogP contribution in [-0.2, 0) is 4.74 Å². The highest BCUT2D eigenvalue weighted by Gasteiger charge is 2.21. The average Bonchev–Trinajstić information content (AvgIpc) is 3.14. The minimum Gasteiger partial charge on any atom is -0.462 e. The number of carbonyl (C=O) groups is 1. The van der Waals surface area contributed by atoms with E-state index in [9.17, 15) is 4.79 Å². The molecule has 0 saturated carbocycles. The Bertz CT molecular complexity index is 900. The normalized spacial score (nSPS) is 10.7. The third kappa shape index (κ3) is 3.86. The van der Waals surface area contributed by atoms with Crippen molar-refractivity contribution in [3.63, 3.8) is 0 Å². The molecule has 0 atom stereocenters. The second-order valence-electron chi connectivity index (χ2n) is 5.38. The lowest BCUT2D eigenvalue weighted by atomic mass is 10.1. The number of nitrogens with one attached hydrogen (secondary N) is 1. The molecule has 0 amide bonds. The van der Waals surface area contributed by atoms with Crippen molar-refractivity contribution < 1.29 is 9.53 Å². The Morgan fingerprint density at radius 2 is 2.00 bits per heavy atom. The van der Waals surface area contributed by atoms with E-state index < -0.39 is 0 Å². The molecule has 0 aliphatic heterocycles. The number of halogens is 1. The molecule has 0 saturated heterocycles. The van der Waals surface area contributed by atoms with Gasteiger partial charge < -0.3 is 10.1 Å². The molecule has 1 aromatic carbocycles. The van der Waals surface area contributed by atoms with Crippen molar-refractivity contribution in [2.45, 2.75) is 20.8 Å². The summed E-state index contributed by atoms with van der Waals surface area (Å²) in [6.45, 7) is 6.09. The lowest BCUT2D eigenvalue weighted by molar-refractivity contribution is 0.0527. The molecular formula is C18H17ClN2O2S2.